The van der Waals surface area contributed by atoms with Gasteiger partial charge < -0.3 is 15.9 Å². The summed E-state index contributed by atoms with van der Waals surface area (Å²) < 4.78 is 13.0. The molecule has 4 N–H and O–H groups in total. The van der Waals surface area contributed by atoms with E-state index in [0.29, 0.717) is 0 Å². The Morgan fingerprint density at radius 3 is 2.69 bits per heavy atom. The predicted octanol–water partition coefficient (Wildman–Crippen LogP) is 1.18. The Kier molecular flexibility index (Phi) is 3.08. The lowest BCUT2D eigenvalue weighted by molar-refractivity contribution is 0.264. The SMILES string of the molecule is N[C@H](CO)c1ccc(Cl)c(F)c1O. The zero-order valence-corrected chi connectivity index (χ0v) is 7.42. The van der Waals surface area contributed by atoms with Gasteiger partial charge in [0, 0.05) is 5.56 Å². The van der Waals surface area contributed by atoms with Gasteiger partial charge in [-0.2, -0.15) is 0 Å². The van der Waals surface area contributed by atoms with Crippen LogP contribution in [0.2, 0.25) is 5.02 Å². The van der Waals surface area contributed by atoms with E-state index >= 15 is 0 Å². The molecular formula is C8H9ClFNO2. The van der Waals surface area contributed by atoms with Crippen LogP contribution in [-0.2, 0) is 0 Å². The molecular weight excluding hydrogens is 197 g/mol. The van der Waals surface area contributed by atoms with Crippen molar-refractivity contribution in [3.8, 4) is 5.75 Å². The number of aliphatic hydroxyl groups is 1. The highest BCUT2D eigenvalue weighted by Crippen LogP contribution is 2.30. The largest absolute Gasteiger partial charge is 0.505 e. The van der Waals surface area contributed by atoms with Gasteiger partial charge in [0.1, 0.15) is 0 Å². The normalized spacial score (nSPS) is 12.9. The number of benzene rings is 1. The second-order valence-corrected chi connectivity index (χ2v) is 3.00. The van der Waals surface area contributed by atoms with Crippen molar-refractivity contribution in [3.63, 3.8) is 0 Å². The fraction of sp³-hybridized carbons (Fsp3) is 0.250. The quantitative estimate of drug-likeness (QED) is 0.679. The fourth-order valence-electron chi connectivity index (χ4n) is 0.952. The van der Waals surface area contributed by atoms with Crippen LogP contribution in [0.25, 0.3) is 0 Å². The summed E-state index contributed by atoms with van der Waals surface area (Å²) in [5, 5.41) is 17.7. The molecule has 1 aromatic carbocycles. The van der Waals surface area contributed by atoms with Crippen LogP contribution in [0, 0.1) is 5.82 Å². The van der Waals surface area contributed by atoms with Crippen LogP contribution >= 0.6 is 11.6 Å². The molecule has 0 aliphatic heterocycles. The highest BCUT2D eigenvalue weighted by atomic mass is 35.5. The molecule has 72 valence electrons. The van der Waals surface area contributed by atoms with Gasteiger partial charge in [-0.3, -0.25) is 0 Å². The molecule has 1 aromatic rings. The van der Waals surface area contributed by atoms with Crippen molar-refractivity contribution in [2.45, 2.75) is 6.04 Å². The van der Waals surface area contributed by atoms with E-state index in [1.54, 1.807) is 0 Å². The van der Waals surface area contributed by atoms with Crippen molar-refractivity contribution < 1.29 is 14.6 Å². The number of hydrogen-bond acceptors (Lipinski definition) is 3. The molecule has 13 heavy (non-hydrogen) atoms. The highest BCUT2D eigenvalue weighted by molar-refractivity contribution is 6.30. The van der Waals surface area contributed by atoms with Crippen molar-refractivity contribution in [3.05, 3.63) is 28.5 Å². The molecule has 1 atom stereocenters. The zero-order chi connectivity index (χ0) is 10.0. The van der Waals surface area contributed by atoms with Crippen molar-refractivity contribution in [2.75, 3.05) is 6.61 Å². The molecule has 0 aliphatic rings. The second-order valence-electron chi connectivity index (χ2n) is 2.59. The number of aromatic hydroxyl groups is 1. The van der Waals surface area contributed by atoms with Crippen molar-refractivity contribution in [1.29, 1.82) is 0 Å². The summed E-state index contributed by atoms with van der Waals surface area (Å²) in [6.45, 7) is -0.366. The standard InChI is InChI=1S/C8H9ClFNO2/c9-5-2-1-4(6(11)3-12)8(13)7(5)10/h1-2,6,12-13H,3,11H2/t6-/m1/s1. The Morgan fingerprint density at radius 1 is 1.54 bits per heavy atom. The molecule has 0 spiro atoms. The van der Waals surface area contributed by atoms with Gasteiger partial charge in [-0.25, -0.2) is 4.39 Å². The number of hydrogen-bond donors (Lipinski definition) is 3. The van der Waals surface area contributed by atoms with Crippen LogP contribution < -0.4 is 5.73 Å². The van der Waals surface area contributed by atoms with Crippen LogP contribution in [0.3, 0.4) is 0 Å². The van der Waals surface area contributed by atoms with Crippen molar-refractivity contribution >= 4 is 11.6 Å². The Bertz CT molecular complexity index is 319. The molecule has 0 radical (unpaired) electrons. The van der Waals surface area contributed by atoms with Gasteiger partial charge in [0.25, 0.3) is 0 Å². The maximum absolute atomic E-state index is 13.0. The van der Waals surface area contributed by atoms with Gasteiger partial charge in [-0.15, -0.1) is 0 Å². The van der Waals surface area contributed by atoms with Gasteiger partial charge in [0.05, 0.1) is 17.7 Å². The molecule has 0 saturated heterocycles. The van der Waals surface area contributed by atoms with Gasteiger partial charge in [0.15, 0.2) is 11.6 Å². The molecule has 0 amide bonds. The van der Waals surface area contributed by atoms with Crippen LogP contribution in [0.5, 0.6) is 5.75 Å². The number of rotatable bonds is 2. The smallest absolute Gasteiger partial charge is 0.183 e. The summed E-state index contributed by atoms with van der Waals surface area (Å²) in [5.74, 6) is -1.52. The molecule has 0 aromatic heterocycles. The first-order valence-electron chi connectivity index (χ1n) is 3.61. The lowest BCUT2D eigenvalue weighted by Crippen LogP contribution is -2.14. The van der Waals surface area contributed by atoms with Crippen molar-refractivity contribution in [1.82, 2.24) is 0 Å². The average molecular weight is 206 g/mol. The Balaban J connectivity index is 3.18. The fourth-order valence-corrected chi connectivity index (χ4v) is 1.10. The van der Waals surface area contributed by atoms with E-state index < -0.39 is 17.6 Å². The van der Waals surface area contributed by atoms with E-state index in [1.165, 1.54) is 12.1 Å². The third-order valence-electron chi connectivity index (χ3n) is 1.70. The predicted molar refractivity (Wildman–Crippen MR) is 47.1 cm³/mol. The number of nitrogens with two attached hydrogens (primary N) is 1. The van der Waals surface area contributed by atoms with E-state index in [-0.39, 0.29) is 17.2 Å². The molecule has 1 rings (SSSR count). The Labute approximate surface area is 79.6 Å². The first-order chi connectivity index (χ1) is 6.07. The highest BCUT2D eigenvalue weighted by Gasteiger charge is 2.15. The van der Waals surface area contributed by atoms with Gasteiger partial charge in [-0.05, 0) is 6.07 Å². The molecule has 0 aliphatic carbocycles. The van der Waals surface area contributed by atoms with Gasteiger partial charge >= 0.3 is 0 Å². The van der Waals surface area contributed by atoms with Crippen LogP contribution in [0.15, 0.2) is 12.1 Å². The molecule has 3 nitrogen and oxygen atoms in total. The number of aliphatic hydroxyl groups excluding tert-OH is 1. The summed E-state index contributed by atoms with van der Waals surface area (Å²) in [6.07, 6.45) is 0. The third-order valence-corrected chi connectivity index (χ3v) is 1.99. The number of halogens is 2. The van der Waals surface area contributed by atoms with E-state index in [4.69, 9.17) is 22.4 Å². The van der Waals surface area contributed by atoms with Crippen LogP contribution in [0.1, 0.15) is 11.6 Å². The molecule has 0 unspecified atom stereocenters. The molecule has 0 heterocycles. The molecule has 5 heteroatoms. The molecule has 0 fully saturated rings. The third kappa shape index (κ3) is 1.91. The maximum atomic E-state index is 13.0. The Morgan fingerprint density at radius 2 is 2.15 bits per heavy atom. The first-order valence-corrected chi connectivity index (χ1v) is 3.99. The maximum Gasteiger partial charge on any atom is 0.183 e. The number of phenolic OH excluding ortho intramolecular Hbond substituents is 1. The topological polar surface area (TPSA) is 66.5 Å². The van der Waals surface area contributed by atoms with E-state index in [0.717, 1.165) is 0 Å². The molecule has 0 bridgehead atoms. The first kappa shape index (κ1) is 10.2. The minimum absolute atomic E-state index is 0.143. The monoisotopic (exact) mass is 205 g/mol. The van der Waals surface area contributed by atoms with Crippen LogP contribution in [-0.4, -0.2) is 16.8 Å². The van der Waals surface area contributed by atoms with Gasteiger partial charge in [0.2, 0.25) is 0 Å². The average Bonchev–Trinajstić information content (AvgIpc) is 2.13. The number of phenols is 1. The van der Waals surface area contributed by atoms with E-state index in [9.17, 15) is 9.50 Å². The van der Waals surface area contributed by atoms with Gasteiger partial charge in [-0.1, -0.05) is 17.7 Å². The second kappa shape index (κ2) is 3.91. The molecule has 0 saturated carbocycles. The lowest BCUT2D eigenvalue weighted by Gasteiger charge is -2.11. The Hall–Kier alpha value is -0.840. The summed E-state index contributed by atoms with van der Waals surface area (Å²) >= 11 is 5.40. The lowest BCUT2D eigenvalue weighted by atomic mass is 10.1. The van der Waals surface area contributed by atoms with E-state index in [1.807, 2.05) is 0 Å². The van der Waals surface area contributed by atoms with Crippen molar-refractivity contribution in [2.24, 2.45) is 5.73 Å². The van der Waals surface area contributed by atoms with Crippen LogP contribution in [0.4, 0.5) is 4.39 Å². The summed E-state index contributed by atoms with van der Waals surface area (Å²) in [6, 6.07) is 1.86. The zero-order valence-electron chi connectivity index (χ0n) is 6.67. The summed E-state index contributed by atoms with van der Waals surface area (Å²) in [4.78, 5) is 0. The summed E-state index contributed by atoms with van der Waals surface area (Å²) in [5.41, 5.74) is 5.54. The minimum Gasteiger partial charge on any atom is -0.505 e. The summed E-state index contributed by atoms with van der Waals surface area (Å²) in [7, 11) is 0. The minimum atomic E-state index is -0.914. The van der Waals surface area contributed by atoms with E-state index in [2.05, 4.69) is 0 Å².